The highest BCUT2D eigenvalue weighted by Gasteiger charge is 2.30. The van der Waals surface area contributed by atoms with E-state index in [9.17, 15) is 9.90 Å². The summed E-state index contributed by atoms with van der Waals surface area (Å²) in [4.78, 5) is 26.4. The number of carbonyl (C=O) groups is 1. The molecule has 2 saturated heterocycles. The van der Waals surface area contributed by atoms with E-state index in [0.29, 0.717) is 17.7 Å². The summed E-state index contributed by atoms with van der Waals surface area (Å²) in [7, 11) is 0. The maximum absolute atomic E-state index is 13.2. The molecule has 0 saturated carbocycles. The smallest absolute Gasteiger partial charge is 0.272 e. The lowest BCUT2D eigenvalue weighted by molar-refractivity contribution is 0.0355. The fourth-order valence-corrected chi connectivity index (χ4v) is 5.07. The monoisotopic (exact) mass is 465 g/mol. The Kier molecular flexibility index (Phi) is 8.16. The molecule has 0 radical (unpaired) electrons. The van der Waals surface area contributed by atoms with E-state index in [4.69, 9.17) is 0 Å². The minimum atomic E-state index is -0.146. The molecule has 2 aromatic rings. The van der Waals surface area contributed by atoms with Crippen LogP contribution < -0.4 is 5.32 Å². The first-order valence-corrected chi connectivity index (χ1v) is 12.8. The van der Waals surface area contributed by atoms with Crippen molar-refractivity contribution in [2.24, 2.45) is 0 Å². The molecule has 3 heterocycles. The largest absolute Gasteiger partial charge is 0.393 e. The lowest BCUT2D eigenvalue weighted by atomic mass is 9.98. The van der Waals surface area contributed by atoms with Crippen molar-refractivity contribution in [2.45, 2.75) is 70.9 Å². The molecule has 0 atom stereocenters. The van der Waals surface area contributed by atoms with Gasteiger partial charge in [-0.1, -0.05) is 38.1 Å². The molecule has 0 unspecified atom stereocenters. The van der Waals surface area contributed by atoms with Gasteiger partial charge in [-0.15, -0.1) is 0 Å². The first kappa shape index (κ1) is 24.6. The Morgan fingerprint density at radius 1 is 1.06 bits per heavy atom. The van der Waals surface area contributed by atoms with Gasteiger partial charge in [0.15, 0.2) is 0 Å². The molecule has 2 aliphatic heterocycles. The van der Waals surface area contributed by atoms with Gasteiger partial charge in [0.05, 0.1) is 6.10 Å². The molecule has 1 aromatic heterocycles. The second-order valence-electron chi connectivity index (χ2n) is 10.1. The summed E-state index contributed by atoms with van der Waals surface area (Å²) in [6.45, 7) is 10.5. The minimum Gasteiger partial charge on any atom is -0.393 e. The van der Waals surface area contributed by atoms with Crippen LogP contribution in [-0.2, 0) is 6.42 Å². The maximum Gasteiger partial charge on any atom is 0.272 e. The number of benzene rings is 1. The van der Waals surface area contributed by atoms with Crippen LogP contribution in [0.2, 0.25) is 0 Å². The molecule has 2 fully saturated rings. The van der Waals surface area contributed by atoms with Crippen LogP contribution in [0.1, 0.15) is 72.6 Å². The number of aromatic nitrogens is 2. The van der Waals surface area contributed by atoms with Crippen LogP contribution >= 0.6 is 0 Å². The van der Waals surface area contributed by atoms with Crippen LogP contribution in [0.15, 0.2) is 30.6 Å². The van der Waals surface area contributed by atoms with Crippen molar-refractivity contribution in [3.05, 3.63) is 53.0 Å². The third kappa shape index (κ3) is 5.94. The number of aliphatic hydroxyl groups excluding tert-OH is 1. The van der Waals surface area contributed by atoms with Crippen LogP contribution in [0.3, 0.4) is 0 Å². The molecule has 2 N–H and O–H groups in total. The van der Waals surface area contributed by atoms with E-state index >= 15 is 0 Å². The maximum atomic E-state index is 13.2. The molecule has 1 amide bonds. The van der Waals surface area contributed by atoms with Gasteiger partial charge in [-0.3, -0.25) is 4.79 Å². The van der Waals surface area contributed by atoms with Crippen molar-refractivity contribution in [3.63, 3.8) is 0 Å². The molecule has 4 rings (SSSR count). The van der Waals surface area contributed by atoms with Gasteiger partial charge >= 0.3 is 0 Å². The van der Waals surface area contributed by atoms with Crippen LogP contribution in [0.4, 0.5) is 5.82 Å². The Bertz CT molecular complexity index is 946. The Morgan fingerprint density at radius 2 is 1.74 bits per heavy atom. The molecule has 7 heteroatoms. The van der Waals surface area contributed by atoms with E-state index in [2.05, 4.69) is 58.3 Å². The number of aliphatic hydroxyl groups is 1. The molecule has 1 aromatic carbocycles. The van der Waals surface area contributed by atoms with Crippen molar-refractivity contribution < 1.29 is 9.90 Å². The van der Waals surface area contributed by atoms with E-state index in [0.717, 1.165) is 76.2 Å². The molecule has 2 aliphatic rings. The standard InChI is InChI=1S/C27H39N5O2/c1-19(2)22-6-4-21(5-7-22)8-13-28-26-20(3)25(29-18-30-26)27(34)32-14-9-23(10-15-32)31-16-11-24(33)12-17-31/h4-7,18-19,23-24,33H,8-17H2,1-3H3,(H,28,29,30). The molecular weight excluding hydrogens is 426 g/mol. The second kappa shape index (κ2) is 11.3. The summed E-state index contributed by atoms with van der Waals surface area (Å²) in [6.07, 6.45) is 5.92. The molecule has 34 heavy (non-hydrogen) atoms. The predicted octanol–water partition coefficient (Wildman–Crippen LogP) is 3.62. The summed E-state index contributed by atoms with van der Waals surface area (Å²) < 4.78 is 0. The Labute approximate surface area is 203 Å². The van der Waals surface area contributed by atoms with Crippen molar-refractivity contribution in [3.8, 4) is 0 Å². The SMILES string of the molecule is Cc1c(NCCc2ccc(C(C)C)cc2)ncnc1C(=O)N1CCC(N2CCC(O)CC2)CC1. The van der Waals surface area contributed by atoms with Gasteiger partial charge in [0.2, 0.25) is 0 Å². The molecule has 7 nitrogen and oxygen atoms in total. The summed E-state index contributed by atoms with van der Waals surface area (Å²) in [5.74, 6) is 1.27. The zero-order valence-electron chi connectivity index (χ0n) is 20.8. The molecule has 0 bridgehead atoms. The third-order valence-electron chi connectivity index (χ3n) is 7.41. The molecule has 184 valence electrons. The van der Waals surface area contributed by atoms with Gasteiger partial charge in [-0.2, -0.15) is 0 Å². The fourth-order valence-electron chi connectivity index (χ4n) is 5.07. The highest BCUT2D eigenvalue weighted by atomic mass is 16.3. The van der Waals surface area contributed by atoms with Gasteiger partial charge in [0.25, 0.3) is 5.91 Å². The number of carbonyl (C=O) groups excluding carboxylic acids is 1. The number of nitrogens with zero attached hydrogens (tertiary/aromatic N) is 4. The van der Waals surface area contributed by atoms with Gasteiger partial charge in [0.1, 0.15) is 17.8 Å². The van der Waals surface area contributed by atoms with E-state index in [1.807, 2.05) is 11.8 Å². The highest BCUT2D eigenvalue weighted by molar-refractivity contribution is 5.94. The molecule has 0 aliphatic carbocycles. The Balaban J connectivity index is 1.30. The number of nitrogens with one attached hydrogen (secondary N) is 1. The van der Waals surface area contributed by atoms with E-state index in [1.165, 1.54) is 17.5 Å². The summed E-state index contributed by atoms with van der Waals surface area (Å²) in [5, 5.41) is 13.2. The van der Waals surface area contributed by atoms with Crippen molar-refractivity contribution in [1.82, 2.24) is 19.8 Å². The molecular formula is C27H39N5O2. The number of piperidine rings is 2. The van der Waals surface area contributed by atoms with Crippen molar-refractivity contribution in [2.75, 3.05) is 38.0 Å². The van der Waals surface area contributed by atoms with Gasteiger partial charge < -0.3 is 20.2 Å². The average molecular weight is 466 g/mol. The number of amides is 1. The Hall–Kier alpha value is -2.51. The number of anilines is 1. The lowest BCUT2D eigenvalue weighted by Crippen LogP contribution is -2.49. The van der Waals surface area contributed by atoms with Crippen LogP contribution in [0.25, 0.3) is 0 Å². The number of likely N-dealkylation sites (tertiary alicyclic amines) is 2. The fraction of sp³-hybridized carbons (Fsp3) is 0.593. The van der Waals surface area contributed by atoms with E-state index in [1.54, 1.807) is 0 Å². The van der Waals surface area contributed by atoms with Crippen LogP contribution in [-0.4, -0.2) is 75.7 Å². The zero-order valence-corrected chi connectivity index (χ0v) is 20.8. The van der Waals surface area contributed by atoms with Crippen molar-refractivity contribution in [1.29, 1.82) is 0 Å². The third-order valence-corrected chi connectivity index (χ3v) is 7.41. The minimum absolute atomic E-state index is 0.000240. The quantitative estimate of drug-likeness (QED) is 0.650. The first-order valence-electron chi connectivity index (χ1n) is 12.8. The normalized spacial score (nSPS) is 18.4. The van der Waals surface area contributed by atoms with Crippen LogP contribution in [0, 0.1) is 6.92 Å². The van der Waals surface area contributed by atoms with E-state index < -0.39 is 0 Å². The van der Waals surface area contributed by atoms with Crippen molar-refractivity contribution >= 4 is 11.7 Å². The first-order chi connectivity index (χ1) is 16.4. The zero-order chi connectivity index (χ0) is 24.1. The topological polar surface area (TPSA) is 81.6 Å². The lowest BCUT2D eigenvalue weighted by Gasteiger charge is -2.41. The average Bonchev–Trinajstić information content (AvgIpc) is 2.85. The number of hydrogen-bond acceptors (Lipinski definition) is 6. The summed E-state index contributed by atoms with van der Waals surface area (Å²) in [5.41, 5.74) is 3.95. The summed E-state index contributed by atoms with van der Waals surface area (Å²) in [6, 6.07) is 9.28. The van der Waals surface area contributed by atoms with Crippen LogP contribution in [0.5, 0.6) is 0 Å². The summed E-state index contributed by atoms with van der Waals surface area (Å²) >= 11 is 0. The van der Waals surface area contributed by atoms with E-state index in [-0.39, 0.29) is 12.0 Å². The predicted molar refractivity (Wildman–Crippen MR) is 135 cm³/mol. The Morgan fingerprint density at radius 3 is 2.38 bits per heavy atom. The molecule has 0 spiro atoms. The second-order valence-corrected chi connectivity index (χ2v) is 10.1. The van der Waals surface area contributed by atoms with Gasteiger partial charge in [-0.05, 0) is 56.1 Å². The number of hydrogen-bond donors (Lipinski definition) is 2. The van der Waals surface area contributed by atoms with Gasteiger partial charge in [0, 0.05) is 44.3 Å². The van der Waals surface area contributed by atoms with Gasteiger partial charge in [-0.25, -0.2) is 9.97 Å². The number of rotatable bonds is 7. The highest BCUT2D eigenvalue weighted by Crippen LogP contribution is 2.23.